The molecule has 0 aromatic rings. The molecule has 2 aliphatic carbocycles. The van der Waals surface area contributed by atoms with E-state index in [4.69, 9.17) is 0 Å². The SMILES string of the molecule is OCC1=CC(N[C@@H]2[C@H](O)[C@@H](O)[C@H](O)[C@@H](CO)[C@H]2O)[C@H](O)[C@@H](O)[C@@H]1O. The summed E-state index contributed by atoms with van der Waals surface area (Å²) >= 11 is 0. The van der Waals surface area contributed by atoms with Crippen LogP contribution in [-0.2, 0) is 0 Å². The summed E-state index contributed by atoms with van der Waals surface area (Å²) in [5.74, 6) is -1.13. The molecule has 0 aromatic carbocycles. The molecule has 0 saturated heterocycles. The Morgan fingerprint density at radius 1 is 0.750 bits per heavy atom. The Labute approximate surface area is 137 Å². The van der Waals surface area contributed by atoms with Gasteiger partial charge in [0, 0.05) is 5.92 Å². The molecule has 10 nitrogen and oxygen atoms in total. The van der Waals surface area contributed by atoms with Gasteiger partial charge in [-0.05, 0) is 5.57 Å². The van der Waals surface area contributed by atoms with Crippen molar-refractivity contribution in [1.29, 1.82) is 0 Å². The first kappa shape index (κ1) is 19.7. The van der Waals surface area contributed by atoms with Crippen LogP contribution in [-0.4, -0.2) is 114 Å². The van der Waals surface area contributed by atoms with E-state index in [9.17, 15) is 46.0 Å². The normalized spacial score (nSPS) is 49.8. The van der Waals surface area contributed by atoms with Crippen molar-refractivity contribution in [3.05, 3.63) is 11.6 Å². The van der Waals surface area contributed by atoms with Crippen LogP contribution in [0.3, 0.4) is 0 Å². The quantitative estimate of drug-likeness (QED) is 0.218. The molecule has 1 fully saturated rings. The Kier molecular flexibility index (Phi) is 6.31. The second kappa shape index (κ2) is 7.70. The number of aliphatic hydroxyl groups is 9. The van der Waals surface area contributed by atoms with E-state index in [-0.39, 0.29) is 5.57 Å². The van der Waals surface area contributed by atoms with Crippen LogP contribution in [0, 0.1) is 5.92 Å². The van der Waals surface area contributed by atoms with E-state index in [1.807, 2.05) is 0 Å². The maximum absolute atomic E-state index is 10.2. The molecule has 0 aromatic heterocycles. The lowest BCUT2D eigenvalue weighted by molar-refractivity contribution is -0.176. The smallest absolute Gasteiger partial charge is 0.111 e. The molecule has 1 saturated carbocycles. The highest BCUT2D eigenvalue weighted by Crippen LogP contribution is 2.28. The average molecular weight is 351 g/mol. The molecule has 2 rings (SSSR count). The van der Waals surface area contributed by atoms with E-state index >= 15 is 0 Å². The molecule has 10 heteroatoms. The number of aliphatic hydroxyl groups excluding tert-OH is 9. The van der Waals surface area contributed by atoms with Gasteiger partial charge in [-0.3, -0.25) is 0 Å². The first-order valence-corrected chi connectivity index (χ1v) is 7.69. The van der Waals surface area contributed by atoms with Gasteiger partial charge in [0.25, 0.3) is 0 Å². The number of rotatable bonds is 4. The minimum Gasteiger partial charge on any atom is -0.396 e. The molecule has 1 unspecified atom stereocenters. The fourth-order valence-electron chi connectivity index (χ4n) is 3.31. The van der Waals surface area contributed by atoms with Crippen molar-refractivity contribution >= 4 is 0 Å². The summed E-state index contributed by atoms with van der Waals surface area (Å²) in [4.78, 5) is 0. The van der Waals surface area contributed by atoms with Gasteiger partial charge in [-0.25, -0.2) is 0 Å². The summed E-state index contributed by atoms with van der Waals surface area (Å²) in [5, 5.41) is 90.6. The van der Waals surface area contributed by atoms with Crippen LogP contribution in [0.4, 0.5) is 0 Å². The van der Waals surface area contributed by atoms with Crippen molar-refractivity contribution in [1.82, 2.24) is 5.32 Å². The van der Waals surface area contributed by atoms with Gasteiger partial charge in [-0.2, -0.15) is 0 Å². The lowest BCUT2D eigenvalue weighted by Crippen LogP contribution is -2.69. The van der Waals surface area contributed by atoms with Gasteiger partial charge in [0.2, 0.25) is 0 Å². The van der Waals surface area contributed by atoms with E-state index in [1.54, 1.807) is 0 Å². The summed E-state index contributed by atoms with van der Waals surface area (Å²) < 4.78 is 0. The van der Waals surface area contributed by atoms with Crippen molar-refractivity contribution in [3.8, 4) is 0 Å². The Bertz CT molecular complexity index is 462. The molecular formula is C14H25NO9. The van der Waals surface area contributed by atoms with Crippen molar-refractivity contribution in [2.24, 2.45) is 5.92 Å². The summed E-state index contributed by atoms with van der Waals surface area (Å²) in [6.45, 7) is -1.21. The summed E-state index contributed by atoms with van der Waals surface area (Å²) in [7, 11) is 0. The Hall–Kier alpha value is -0.660. The molecule has 140 valence electrons. The zero-order chi connectivity index (χ0) is 18.2. The summed E-state index contributed by atoms with van der Waals surface area (Å²) in [6.07, 6.45) is -9.55. The standard InChI is InChI=1S/C14H25NO9/c16-2-4-1-6(11(21)13(23)8(4)18)15-7-9(19)5(3-17)10(20)14(24)12(7)22/h1,5-24H,2-3H2/t5-,6?,7-,8+,9+,10+,11-,12-,13-,14-/m0/s1. The Morgan fingerprint density at radius 3 is 1.92 bits per heavy atom. The fourth-order valence-corrected chi connectivity index (χ4v) is 3.31. The molecule has 0 spiro atoms. The van der Waals surface area contributed by atoms with Crippen LogP contribution in [0.15, 0.2) is 11.6 Å². The lowest BCUT2D eigenvalue weighted by atomic mass is 9.76. The van der Waals surface area contributed by atoms with Gasteiger partial charge in [0.1, 0.15) is 30.5 Å². The van der Waals surface area contributed by atoms with E-state index in [2.05, 4.69) is 5.32 Å². The molecule has 0 bridgehead atoms. The highest BCUT2D eigenvalue weighted by Gasteiger charge is 2.50. The summed E-state index contributed by atoms with van der Waals surface area (Å²) in [6, 6.07) is -2.29. The maximum Gasteiger partial charge on any atom is 0.111 e. The van der Waals surface area contributed by atoms with Gasteiger partial charge < -0.3 is 51.3 Å². The van der Waals surface area contributed by atoms with Crippen LogP contribution in [0.5, 0.6) is 0 Å². The number of hydrogen-bond donors (Lipinski definition) is 10. The molecule has 2 aliphatic rings. The van der Waals surface area contributed by atoms with Gasteiger partial charge in [0.15, 0.2) is 0 Å². The summed E-state index contributed by atoms with van der Waals surface area (Å²) in [5.41, 5.74) is 0.0457. The minimum atomic E-state index is -1.64. The number of hydrogen-bond acceptors (Lipinski definition) is 10. The predicted molar refractivity (Wildman–Crippen MR) is 78.5 cm³/mol. The molecule has 0 radical (unpaired) electrons. The third-order valence-electron chi connectivity index (χ3n) is 4.91. The first-order chi connectivity index (χ1) is 11.2. The number of nitrogens with one attached hydrogen (secondary N) is 1. The lowest BCUT2D eigenvalue weighted by Gasteiger charge is -2.46. The van der Waals surface area contributed by atoms with Gasteiger partial charge in [0.05, 0.1) is 37.5 Å². The minimum absolute atomic E-state index is 0.0457. The molecule has 0 amide bonds. The zero-order valence-corrected chi connectivity index (χ0v) is 12.8. The molecule has 0 aliphatic heterocycles. The van der Waals surface area contributed by atoms with Gasteiger partial charge >= 0.3 is 0 Å². The fraction of sp³-hybridized carbons (Fsp3) is 0.857. The van der Waals surface area contributed by atoms with Crippen LogP contribution in [0.25, 0.3) is 0 Å². The Balaban J connectivity index is 2.23. The van der Waals surface area contributed by atoms with Crippen LogP contribution < -0.4 is 5.32 Å². The molecule has 24 heavy (non-hydrogen) atoms. The Morgan fingerprint density at radius 2 is 1.38 bits per heavy atom. The highest BCUT2D eigenvalue weighted by molar-refractivity contribution is 5.22. The molecule has 10 N–H and O–H groups in total. The van der Waals surface area contributed by atoms with Gasteiger partial charge in [-0.1, -0.05) is 6.08 Å². The molecular weight excluding hydrogens is 326 g/mol. The van der Waals surface area contributed by atoms with Gasteiger partial charge in [-0.15, -0.1) is 0 Å². The zero-order valence-electron chi connectivity index (χ0n) is 12.8. The third kappa shape index (κ3) is 3.35. The first-order valence-electron chi connectivity index (χ1n) is 7.69. The van der Waals surface area contributed by atoms with Crippen molar-refractivity contribution in [2.75, 3.05) is 13.2 Å². The maximum atomic E-state index is 10.2. The average Bonchev–Trinajstić information content (AvgIpc) is 2.57. The predicted octanol–water partition coefficient (Wildman–Crippen LogP) is -5.61. The highest BCUT2D eigenvalue weighted by atomic mass is 16.4. The van der Waals surface area contributed by atoms with Crippen molar-refractivity contribution in [3.63, 3.8) is 0 Å². The molecule has 10 atom stereocenters. The van der Waals surface area contributed by atoms with E-state index in [0.717, 1.165) is 0 Å². The third-order valence-corrected chi connectivity index (χ3v) is 4.91. The van der Waals surface area contributed by atoms with E-state index in [1.165, 1.54) is 6.08 Å². The van der Waals surface area contributed by atoms with Crippen molar-refractivity contribution in [2.45, 2.75) is 54.8 Å². The van der Waals surface area contributed by atoms with Crippen LogP contribution in [0.2, 0.25) is 0 Å². The van der Waals surface area contributed by atoms with E-state index < -0.39 is 73.9 Å². The second-order valence-corrected chi connectivity index (χ2v) is 6.35. The van der Waals surface area contributed by atoms with E-state index in [0.29, 0.717) is 0 Å². The topological polar surface area (TPSA) is 194 Å². The second-order valence-electron chi connectivity index (χ2n) is 6.35. The molecule has 0 heterocycles. The largest absolute Gasteiger partial charge is 0.396 e. The van der Waals surface area contributed by atoms with Crippen LogP contribution >= 0.6 is 0 Å². The van der Waals surface area contributed by atoms with Crippen LogP contribution in [0.1, 0.15) is 0 Å². The van der Waals surface area contributed by atoms with Crippen molar-refractivity contribution < 1.29 is 46.0 Å². The monoisotopic (exact) mass is 351 g/mol.